The van der Waals surface area contributed by atoms with Gasteiger partial charge in [-0.3, -0.25) is 9.89 Å². The van der Waals surface area contributed by atoms with Crippen molar-refractivity contribution in [3.8, 4) is 0 Å². The van der Waals surface area contributed by atoms with Gasteiger partial charge < -0.3 is 20.7 Å². The summed E-state index contributed by atoms with van der Waals surface area (Å²) >= 11 is 0. The van der Waals surface area contributed by atoms with Crippen LogP contribution >= 0.6 is 24.0 Å². The highest BCUT2D eigenvalue weighted by Gasteiger charge is 2.16. The second kappa shape index (κ2) is 14.1. The van der Waals surface area contributed by atoms with E-state index in [1.54, 1.807) is 0 Å². The number of ether oxygens (including phenoxy) is 1. The first-order valence-electron chi connectivity index (χ1n) is 9.43. The van der Waals surface area contributed by atoms with Gasteiger partial charge in [0.25, 0.3) is 0 Å². The molecule has 0 atom stereocenters. The highest BCUT2D eigenvalue weighted by atomic mass is 127. The Morgan fingerprint density at radius 2 is 1.88 bits per heavy atom. The molecule has 0 saturated carbocycles. The summed E-state index contributed by atoms with van der Waals surface area (Å²) in [6, 6.07) is 10.7. The van der Waals surface area contributed by atoms with E-state index >= 15 is 0 Å². The van der Waals surface area contributed by atoms with Gasteiger partial charge in [0.2, 0.25) is 0 Å². The molecule has 1 aromatic rings. The van der Waals surface area contributed by atoms with E-state index in [0.29, 0.717) is 5.96 Å². The number of halogens is 1. The zero-order valence-electron chi connectivity index (χ0n) is 15.9. The van der Waals surface area contributed by atoms with Gasteiger partial charge in [0, 0.05) is 58.2 Å². The molecule has 148 valence electrons. The number of piperazine rings is 1. The summed E-state index contributed by atoms with van der Waals surface area (Å²) in [7, 11) is 0. The molecule has 1 fully saturated rings. The number of hydrogen-bond donors (Lipinski definition) is 2. The first-order chi connectivity index (χ1) is 12.3. The quantitative estimate of drug-likeness (QED) is 0.235. The summed E-state index contributed by atoms with van der Waals surface area (Å²) in [5.74, 6) is 0.547. The van der Waals surface area contributed by atoms with Crippen molar-refractivity contribution in [1.29, 1.82) is 0 Å². The van der Waals surface area contributed by atoms with Gasteiger partial charge in [-0.15, -0.1) is 24.0 Å². The normalized spacial score (nSPS) is 15.6. The van der Waals surface area contributed by atoms with Crippen LogP contribution in [-0.4, -0.2) is 69.9 Å². The van der Waals surface area contributed by atoms with Crippen molar-refractivity contribution in [1.82, 2.24) is 10.2 Å². The molecule has 0 radical (unpaired) electrons. The zero-order chi connectivity index (χ0) is 17.7. The molecular formula is C19H34IN5O. The van der Waals surface area contributed by atoms with Crippen molar-refractivity contribution in [2.24, 2.45) is 10.7 Å². The maximum Gasteiger partial charge on any atom is 0.188 e. The van der Waals surface area contributed by atoms with Gasteiger partial charge in [-0.2, -0.15) is 0 Å². The standard InChI is InChI=1S/C19H33N5O.HI/c1-2-25-17-7-11-22-19(20)21-10-6-12-23-13-15-24(16-14-23)18-8-4-3-5-9-18;/h3-5,8-9H,2,6-7,10-17H2,1H3,(H3,20,21,22);1H. The fourth-order valence-corrected chi connectivity index (χ4v) is 2.95. The van der Waals surface area contributed by atoms with Crippen LogP contribution in [0.1, 0.15) is 19.8 Å². The van der Waals surface area contributed by atoms with Gasteiger partial charge in [-0.1, -0.05) is 18.2 Å². The number of nitrogens with zero attached hydrogens (tertiary/aromatic N) is 3. The van der Waals surface area contributed by atoms with Gasteiger partial charge in [0.1, 0.15) is 0 Å². The summed E-state index contributed by atoms with van der Waals surface area (Å²) in [6.07, 6.45) is 2.00. The number of aliphatic imine (C=N–C) groups is 1. The summed E-state index contributed by atoms with van der Waals surface area (Å²) in [5.41, 5.74) is 7.20. The van der Waals surface area contributed by atoms with E-state index in [2.05, 4.69) is 50.4 Å². The predicted molar refractivity (Wildman–Crippen MR) is 121 cm³/mol. The van der Waals surface area contributed by atoms with Crippen LogP contribution in [0, 0.1) is 0 Å². The summed E-state index contributed by atoms with van der Waals surface area (Å²) < 4.78 is 5.28. The number of para-hydroxylation sites is 1. The maximum absolute atomic E-state index is 5.87. The van der Waals surface area contributed by atoms with Crippen LogP contribution in [0.5, 0.6) is 0 Å². The first kappa shape index (κ1) is 23.0. The number of nitrogens with one attached hydrogen (secondary N) is 1. The number of guanidine groups is 1. The van der Waals surface area contributed by atoms with E-state index in [1.807, 2.05) is 6.92 Å². The number of rotatable bonds is 10. The van der Waals surface area contributed by atoms with Crippen LogP contribution in [0.4, 0.5) is 5.69 Å². The lowest BCUT2D eigenvalue weighted by Crippen LogP contribution is -2.47. The Morgan fingerprint density at radius 1 is 1.15 bits per heavy atom. The van der Waals surface area contributed by atoms with E-state index in [-0.39, 0.29) is 24.0 Å². The smallest absolute Gasteiger partial charge is 0.188 e. The summed E-state index contributed by atoms with van der Waals surface area (Å²) in [6.45, 7) is 10.7. The zero-order valence-corrected chi connectivity index (χ0v) is 18.2. The lowest BCUT2D eigenvalue weighted by molar-refractivity contribution is 0.146. The van der Waals surface area contributed by atoms with E-state index in [1.165, 1.54) is 5.69 Å². The van der Waals surface area contributed by atoms with Gasteiger partial charge >= 0.3 is 0 Å². The third kappa shape index (κ3) is 9.05. The highest BCUT2D eigenvalue weighted by Crippen LogP contribution is 2.15. The Hall–Kier alpha value is -1.06. The van der Waals surface area contributed by atoms with Crippen molar-refractivity contribution in [2.75, 3.05) is 63.9 Å². The second-order valence-electron chi connectivity index (χ2n) is 6.26. The van der Waals surface area contributed by atoms with Crippen LogP contribution in [0.25, 0.3) is 0 Å². The molecule has 0 unspecified atom stereocenters. The van der Waals surface area contributed by atoms with Crippen molar-refractivity contribution in [3.05, 3.63) is 30.3 Å². The van der Waals surface area contributed by atoms with E-state index in [9.17, 15) is 0 Å². The van der Waals surface area contributed by atoms with Crippen LogP contribution in [-0.2, 0) is 4.74 Å². The van der Waals surface area contributed by atoms with Gasteiger partial charge in [0.15, 0.2) is 5.96 Å². The van der Waals surface area contributed by atoms with Crippen molar-refractivity contribution >= 4 is 35.6 Å². The molecule has 0 bridgehead atoms. The van der Waals surface area contributed by atoms with E-state index < -0.39 is 0 Å². The van der Waals surface area contributed by atoms with Gasteiger partial charge in [-0.25, -0.2) is 0 Å². The molecule has 1 aliphatic rings. The van der Waals surface area contributed by atoms with Crippen molar-refractivity contribution in [3.63, 3.8) is 0 Å². The van der Waals surface area contributed by atoms with Crippen molar-refractivity contribution in [2.45, 2.75) is 19.8 Å². The van der Waals surface area contributed by atoms with Gasteiger partial charge in [0.05, 0.1) is 0 Å². The van der Waals surface area contributed by atoms with Gasteiger partial charge in [-0.05, 0) is 38.4 Å². The Bertz CT molecular complexity index is 492. The lowest BCUT2D eigenvalue weighted by Gasteiger charge is -2.36. The number of benzene rings is 1. The minimum atomic E-state index is 0. The Labute approximate surface area is 175 Å². The third-order valence-electron chi connectivity index (χ3n) is 4.38. The van der Waals surface area contributed by atoms with Crippen LogP contribution < -0.4 is 16.0 Å². The molecule has 3 N–H and O–H groups in total. The molecule has 7 heteroatoms. The molecule has 0 aromatic heterocycles. The predicted octanol–water partition coefficient (Wildman–Crippen LogP) is 2.15. The molecule has 0 amide bonds. The fourth-order valence-electron chi connectivity index (χ4n) is 2.95. The number of nitrogens with two attached hydrogens (primary N) is 1. The first-order valence-corrected chi connectivity index (χ1v) is 9.43. The monoisotopic (exact) mass is 475 g/mol. The lowest BCUT2D eigenvalue weighted by atomic mass is 10.2. The minimum Gasteiger partial charge on any atom is -0.382 e. The minimum absolute atomic E-state index is 0. The Balaban J connectivity index is 0.00000338. The molecule has 6 nitrogen and oxygen atoms in total. The number of anilines is 1. The molecule has 1 saturated heterocycles. The summed E-state index contributed by atoms with van der Waals surface area (Å²) in [4.78, 5) is 9.29. The average molecular weight is 475 g/mol. The highest BCUT2D eigenvalue weighted by molar-refractivity contribution is 14.0. The molecule has 1 aromatic carbocycles. The Morgan fingerprint density at radius 3 is 2.58 bits per heavy atom. The van der Waals surface area contributed by atoms with E-state index in [0.717, 1.165) is 71.9 Å². The van der Waals surface area contributed by atoms with Crippen molar-refractivity contribution < 1.29 is 4.74 Å². The molecule has 0 spiro atoms. The molecule has 0 aliphatic carbocycles. The summed E-state index contributed by atoms with van der Waals surface area (Å²) in [5, 5.41) is 3.20. The molecule has 1 heterocycles. The second-order valence-corrected chi connectivity index (χ2v) is 6.26. The molecular weight excluding hydrogens is 441 g/mol. The van der Waals surface area contributed by atoms with E-state index in [4.69, 9.17) is 10.5 Å². The third-order valence-corrected chi connectivity index (χ3v) is 4.38. The molecule has 2 rings (SSSR count). The molecule has 1 aliphatic heterocycles. The molecule has 26 heavy (non-hydrogen) atoms. The topological polar surface area (TPSA) is 66.1 Å². The largest absolute Gasteiger partial charge is 0.382 e. The fraction of sp³-hybridized carbons (Fsp3) is 0.632. The number of hydrogen-bond acceptors (Lipinski definition) is 4. The Kier molecular flexibility index (Phi) is 12.4. The SMILES string of the molecule is CCOCCCN=C(N)NCCCN1CCN(c2ccccc2)CC1.I. The van der Waals surface area contributed by atoms with Crippen LogP contribution in [0.2, 0.25) is 0 Å². The average Bonchev–Trinajstić information content (AvgIpc) is 2.66. The van der Waals surface area contributed by atoms with Crippen LogP contribution in [0.15, 0.2) is 35.3 Å². The maximum atomic E-state index is 5.87. The van der Waals surface area contributed by atoms with Crippen LogP contribution in [0.3, 0.4) is 0 Å².